The van der Waals surface area contributed by atoms with Crippen LogP contribution in [-0.2, 0) is 4.79 Å². The van der Waals surface area contributed by atoms with Crippen LogP contribution >= 0.6 is 0 Å². The van der Waals surface area contributed by atoms with Gasteiger partial charge < -0.3 is 9.80 Å². The number of hydrogen-bond acceptors (Lipinski definition) is 3. The Kier molecular flexibility index (Phi) is 5.40. The van der Waals surface area contributed by atoms with E-state index in [1.54, 1.807) is 0 Å². The third kappa shape index (κ3) is 3.96. The molecule has 1 fully saturated rings. The molecule has 4 heteroatoms. The summed E-state index contributed by atoms with van der Waals surface area (Å²) in [6.07, 6.45) is 2.45. The number of rotatable bonds is 6. The van der Waals surface area contributed by atoms with E-state index >= 15 is 0 Å². The van der Waals surface area contributed by atoms with Crippen molar-refractivity contribution in [2.24, 2.45) is 5.92 Å². The molecule has 0 aromatic rings. The summed E-state index contributed by atoms with van der Waals surface area (Å²) >= 11 is 0. The Balaban J connectivity index is 2.41. The number of hydrogen-bond donors (Lipinski definition) is 1. The van der Waals surface area contributed by atoms with E-state index in [0.717, 1.165) is 25.9 Å². The standard InChI is InChI=1S/C13H27N3O/c1-10(2)12-14-11(3)13(17)16(12)9-7-6-8-15(4)5/h10-12,14H,6-9H2,1-5H3. The van der Waals surface area contributed by atoms with Crippen molar-refractivity contribution < 1.29 is 4.79 Å². The zero-order chi connectivity index (χ0) is 13.0. The topological polar surface area (TPSA) is 35.6 Å². The maximum Gasteiger partial charge on any atom is 0.240 e. The highest BCUT2D eigenvalue weighted by atomic mass is 16.2. The van der Waals surface area contributed by atoms with E-state index in [9.17, 15) is 4.79 Å². The molecule has 1 saturated heterocycles. The molecule has 4 nitrogen and oxygen atoms in total. The summed E-state index contributed by atoms with van der Waals surface area (Å²) in [7, 11) is 4.17. The van der Waals surface area contributed by atoms with Crippen LogP contribution in [0, 0.1) is 5.92 Å². The van der Waals surface area contributed by atoms with Gasteiger partial charge in [-0.1, -0.05) is 13.8 Å². The first-order valence-electron chi connectivity index (χ1n) is 6.64. The fourth-order valence-electron chi connectivity index (χ4n) is 2.32. The van der Waals surface area contributed by atoms with Gasteiger partial charge in [0.1, 0.15) is 0 Å². The van der Waals surface area contributed by atoms with Crippen LogP contribution in [0.15, 0.2) is 0 Å². The molecule has 100 valence electrons. The summed E-state index contributed by atoms with van der Waals surface area (Å²) in [5, 5.41) is 3.37. The monoisotopic (exact) mass is 241 g/mol. The van der Waals surface area contributed by atoms with Crippen LogP contribution in [-0.4, -0.2) is 55.1 Å². The van der Waals surface area contributed by atoms with Crippen molar-refractivity contribution in [2.45, 2.75) is 45.8 Å². The maximum atomic E-state index is 12.0. The second-order valence-electron chi connectivity index (χ2n) is 5.62. The average molecular weight is 241 g/mol. The summed E-state index contributed by atoms with van der Waals surface area (Å²) in [6, 6.07) is -0.0174. The normalized spacial score (nSPS) is 25.4. The lowest BCUT2D eigenvalue weighted by Gasteiger charge is -2.27. The predicted octanol–water partition coefficient (Wildman–Crippen LogP) is 1.13. The smallest absolute Gasteiger partial charge is 0.240 e. The molecule has 0 spiro atoms. The molecule has 1 amide bonds. The molecule has 2 atom stereocenters. The second kappa shape index (κ2) is 6.36. The Morgan fingerprint density at radius 3 is 2.53 bits per heavy atom. The number of nitrogens with zero attached hydrogens (tertiary/aromatic N) is 2. The van der Waals surface area contributed by atoms with Gasteiger partial charge in [-0.15, -0.1) is 0 Å². The molecule has 0 saturated carbocycles. The van der Waals surface area contributed by atoms with Crippen LogP contribution in [0.3, 0.4) is 0 Å². The minimum Gasteiger partial charge on any atom is -0.326 e. The molecule has 0 bridgehead atoms. The maximum absolute atomic E-state index is 12.0. The third-order valence-electron chi connectivity index (χ3n) is 3.30. The molecule has 1 aliphatic heterocycles. The van der Waals surface area contributed by atoms with E-state index in [2.05, 4.69) is 38.2 Å². The lowest BCUT2D eigenvalue weighted by Crippen LogP contribution is -2.42. The lowest BCUT2D eigenvalue weighted by molar-refractivity contribution is -0.130. The Hall–Kier alpha value is -0.610. The Morgan fingerprint density at radius 1 is 1.35 bits per heavy atom. The van der Waals surface area contributed by atoms with E-state index in [1.807, 2.05) is 11.8 Å². The lowest BCUT2D eigenvalue weighted by atomic mass is 10.1. The van der Waals surface area contributed by atoms with Crippen LogP contribution in [0.4, 0.5) is 0 Å². The minimum atomic E-state index is -0.0174. The van der Waals surface area contributed by atoms with Gasteiger partial charge in [-0.3, -0.25) is 10.1 Å². The molecule has 0 aliphatic carbocycles. The Bertz CT molecular complexity index is 253. The van der Waals surface area contributed by atoms with Gasteiger partial charge in [0.25, 0.3) is 0 Å². The number of unbranched alkanes of at least 4 members (excludes halogenated alkanes) is 1. The first-order chi connectivity index (χ1) is 7.93. The molecule has 1 heterocycles. The summed E-state index contributed by atoms with van der Waals surface area (Å²) < 4.78 is 0. The minimum absolute atomic E-state index is 0.0174. The quantitative estimate of drug-likeness (QED) is 0.708. The Labute approximate surface area is 105 Å². The summed E-state index contributed by atoms with van der Waals surface area (Å²) in [6.45, 7) is 8.26. The van der Waals surface area contributed by atoms with Crippen molar-refractivity contribution in [3.8, 4) is 0 Å². The van der Waals surface area contributed by atoms with Crippen molar-refractivity contribution in [3.05, 3.63) is 0 Å². The second-order valence-corrected chi connectivity index (χ2v) is 5.62. The molecule has 17 heavy (non-hydrogen) atoms. The number of nitrogens with one attached hydrogen (secondary N) is 1. The fraction of sp³-hybridized carbons (Fsp3) is 0.923. The molecule has 1 rings (SSSR count). The fourth-order valence-corrected chi connectivity index (χ4v) is 2.32. The zero-order valence-corrected chi connectivity index (χ0v) is 11.9. The van der Waals surface area contributed by atoms with Gasteiger partial charge in [0, 0.05) is 6.54 Å². The zero-order valence-electron chi connectivity index (χ0n) is 11.9. The third-order valence-corrected chi connectivity index (χ3v) is 3.30. The van der Waals surface area contributed by atoms with E-state index in [1.165, 1.54) is 0 Å². The van der Waals surface area contributed by atoms with Crippen molar-refractivity contribution in [2.75, 3.05) is 27.2 Å². The van der Waals surface area contributed by atoms with E-state index in [4.69, 9.17) is 0 Å². The van der Waals surface area contributed by atoms with Gasteiger partial charge in [-0.05, 0) is 46.3 Å². The molecule has 0 aromatic heterocycles. The van der Waals surface area contributed by atoms with E-state index in [-0.39, 0.29) is 18.1 Å². The molecular weight excluding hydrogens is 214 g/mol. The Morgan fingerprint density at radius 2 is 2.00 bits per heavy atom. The molecule has 0 radical (unpaired) electrons. The van der Waals surface area contributed by atoms with Crippen LogP contribution < -0.4 is 5.32 Å². The van der Waals surface area contributed by atoms with Gasteiger partial charge in [0.15, 0.2) is 0 Å². The first kappa shape index (κ1) is 14.5. The van der Waals surface area contributed by atoms with Gasteiger partial charge >= 0.3 is 0 Å². The van der Waals surface area contributed by atoms with E-state index < -0.39 is 0 Å². The highest BCUT2D eigenvalue weighted by molar-refractivity contribution is 5.83. The number of amides is 1. The van der Waals surface area contributed by atoms with Gasteiger partial charge in [-0.2, -0.15) is 0 Å². The summed E-state index contributed by atoms with van der Waals surface area (Å²) in [5.74, 6) is 0.728. The van der Waals surface area contributed by atoms with Crippen molar-refractivity contribution in [3.63, 3.8) is 0 Å². The largest absolute Gasteiger partial charge is 0.326 e. The predicted molar refractivity (Wildman–Crippen MR) is 70.7 cm³/mol. The first-order valence-corrected chi connectivity index (χ1v) is 6.64. The SMILES string of the molecule is CC1NC(C(C)C)N(CCCCN(C)C)C1=O. The van der Waals surface area contributed by atoms with Crippen molar-refractivity contribution in [1.82, 2.24) is 15.1 Å². The van der Waals surface area contributed by atoms with Crippen LogP contribution in [0.1, 0.15) is 33.6 Å². The van der Waals surface area contributed by atoms with Gasteiger partial charge in [0.05, 0.1) is 12.2 Å². The number of carbonyl (C=O) groups is 1. The summed E-state index contributed by atoms with van der Waals surface area (Å²) in [4.78, 5) is 16.2. The highest BCUT2D eigenvalue weighted by Gasteiger charge is 2.36. The van der Waals surface area contributed by atoms with E-state index in [0.29, 0.717) is 5.92 Å². The highest BCUT2D eigenvalue weighted by Crippen LogP contribution is 2.18. The molecule has 1 aliphatic rings. The van der Waals surface area contributed by atoms with Crippen molar-refractivity contribution >= 4 is 5.91 Å². The molecule has 1 N–H and O–H groups in total. The van der Waals surface area contributed by atoms with Crippen LogP contribution in [0.25, 0.3) is 0 Å². The number of carbonyl (C=O) groups excluding carboxylic acids is 1. The van der Waals surface area contributed by atoms with Crippen LogP contribution in [0.2, 0.25) is 0 Å². The average Bonchev–Trinajstić information content (AvgIpc) is 2.51. The van der Waals surface area contributed by atoms with Gasteiger partial charge in [0.2, 0.25) is 5.91 Å². The molecule has 0 aromatic carbocycles. The van der Waals surface area contributed by atoms with Gasteiger partial charge in [-0.25, -0.2) is 0 Å². The molecule has 2 unspecified atom stereocenters. The molecular formula is C13H27N3O. The van der Waals surface area contributed by atoms with Crippen molar-refractivity contribution in [1.29, 1.82) is 0 Å². The summed E-state index contributed by atoms with van der Waals surface area (Å²) in [5.41, 5.74) is 0. The van der Waals surface area contributed by atoms with Crippen LogP contribution in [0.5, 0.6) is 0 Å².